The summed E-state index contributed by atoms with van der Waals surface area (Å²) in [6, 6.07) is 2.59. The molecule has 0 spiro atoms. The number of carbonyl (C=O) groups is 1. The van der Waals surface area contributed by atoms with Crippen LogP contribution in [0.3, 0.4) is 0 Å². The molecule has 2 aromatic rings. The average Bonchev–Trinajstić information content (AvgIpc) is 3.01. The molecule has 10 heteroatoms. The predicted molar refractivity (Wildman–Crippen MR) is 90.0 cm³/mol. The zero-order valence-corrected chi connectivity index (χ0v) is 14.6. The van der Waals surface area contributed by atoms with Crippen molar-refractivity contribution in [3.8, 4) is 0 Å². The minimum Gasteiger partial charge on any atom is -0.478 e. The molecule has 2 N–H and O–H groups in total. The van der Waals surface area contributed by atoms with Crippen molar-refractivity contribution in [2.45, 2.75) is 36.8 Å². The van der Waals surface area contributed by atoms with Gasteiger partial charge in [0, 0.05) is 12.8 Å². The first-order valence-electron chi connectivity index (χ1n) is 8.05. The molecule has 2 heterocycles. The van der Waals surface area contributed by atoms with E-state index in [1.165, 1.54) is 12.4 Å². The highest BCUT2D eigenvalue weighted by atomic mass is 32.2. The Hall–Kier alpha value is -2.46. The summed E-state index contributed by atoms with van der Waals surface area (Å²) in [6.07, 6.45) is 5.97. The summed E-state index contributed by atoms with van der Waals surface area (Å²) in [5, 5.41) is 13.0. The number of hydrogen-bond acceptors (Lipinski definition) is 5. The highest BCUT2D eigenvalue weighted by Gasteiger charge is 2.20. The lowest BCUT2D eigenvalue weighted by molar-refractivity contribution is 0.00400. The number of sulfonamides is 1. The van der Waals surface area contributed by atoms with Gasteiger partial charge in [-0.2, -0.15) is 5.10 Å². The van der Waals surface area contributed by atoms with Gasteiger partial charge in [0.25, 0.3) is 10.0 Å². The molecule has 1 fully saturated rings. The SMILES string of the molecule is O=C(O)c1cc(S(=O)(=O)Nc2cnn(C[C@@H]3CCCCO3)c2)ccc1F. The van der Waals surface area contributed by atoms with Gasteiger partial charge in [0.15, 0.2) is 0 Å². The van der Waals surface area contributed by atoms with Crippen LogP contribution in [0.1, 0.15) is 29.6 Å². The van der Waals surface area contributed by atoms with Crippen LogP contribution in [0.25, 0.3) is 0 Å². The topological polar surface area (TPSA) is 111 Å². The molecule has 0 unspecified atom stereocenters. The molecule has 140 valence electrons. The maximum atomic E-state index is 13.4. The minimum atomic E-state index is -4.07. The van der Waals surface area contributed by atoms with Crippen LogP contribution in [0.15, 0.2) is 35.5 Å². The van der Waals surface area contributed by atoms with Crippen molar-refractivity contribution in [2.75, 3.05) is 11.3 Å². The third-order valence-corrected chi connectivity index (χ3v) is 5.41. The summed E-state index contributed by atoms with van der Waals surface area (Å²) in [4.78, 5) is 10.6. The molecule has 0 saturated carbocycles. The maximum Gasteiger partial charge on any atom is 0.338 e. The summed E-state index contributed by atoms with van der Waals surface area (Å²) in [5.74, 6) is -2.54. The standard InChI is InChI=1S/C16H18FN3O5S/c17-15-5-4-13(7-14(15)16(21)22)26(23,24)19-11-8-18-20(9-11)10-12-3-1-2-6-25-12/h4-5,7-9,12,19H,1-3,6,10H2,(H,21,22)/t12-/m0/s1. The van der Waals surface area contributed by atoms with Gasteiger partial charge in [0.1, 0.15) is 5.82 Å². The largest absolute Gasteiger partial charge is 0.478 e. The second-order valence-electron chi connectivity index (χ2n) is 5.99. The maximum absolute atomic E-state index is 13.4. The number of anilines is 1. The molecule has 1 aromatic carbocycles. The second-order valence-corrected chi connectivity index (χ2v) is 7.67. The molecule has 1 aliphatic rings. The number of aromatic nitrogens is 2. The Morgan fingerprint density at radius 3 is 2.92 bits per heavy atom. The number of halogens is 1. The highest BCUT2D eigenvalue weighted by Crippen LogP contribution is 2.20. The molecule has 1 aliphatic heterocycles. The van der Waals surface area contributed by atoms with E-state index in [1.807, 2.05) is 0 Å². The quantitative estimate of drug-likeness (QED) is 0.790. The van der Waals surface area contributed by atoms with E-state index in [1.54, 1.807) is 4.68 Å². The molecule has 0 bridgehead atoms. The summed E-state index contributed by atoms with van der Waals surface area (Å²) < 4.78 is 47.8. The Bertz CT molecular complexity index is 906. The van der Waals surface area contributed by atoms with Gasteiger partial charge in [-0.3, -0.25) is 9.40 Å². The van der Waals surface area contributed by atoms with Crippen molar-refractivity contribution >= 4 is 21.7 Å². The van der Waals surface area contributed by atoms with Crippen LogP contribution in [-0.2, 0) is 21.3 Å². The molecule has 8 nitrogen and oxygen atoms in total. The van der Waals surface area contributed by atoms with Crippen LogP contribution in [0.5, 0.6) is 0 Å². The molecule has 1 atom stereocenters. The smallest absolute Gasteiger partial charge is 0.338 e. The summed E-state index contributed by atoms with van der Waals surface area (Å²) in [5.41, 5.74) is -0.486. The minimum absolute atomic E-state index is 0.0448. The van der Waals surface area contributed by atoms with E-state index in [2.05, 4.69) is 9.82 Å². The lowest BCUT2D eigenvalue weighted by Gasteiger charge is -2.22. The number of carboxylic acid groups (broad SMARTS) is 1. The molecule has 0 radical (unpaired) electrons. The number of benzene rings is 1. The van der Waals surface area contributed by atoms with Crippen molar-refractivity contribution in [2.24, 2.45) is 0 Å². The summed E-state index contributed by atoms with van der Waals surface area (Å²) in [7, 11) is -4.07. The van der Waals surface area contributed by atoms with Gasteiger partial charge in [0.2, 0.25) is 0 Å². The Kier molecular flexibility index (Phi) is 5.23. The van der Waals surface area contributed by atoms with Gasteiger partial charge in [-0.1, -0.05) is 0 Å². The lowest BCUT2D eigenvalue weighted by Crippen LogP contribution is -2.24. The first-order chi connectivity index (χ1) is 12.3. The Morgan fingerprint density at radius 1 is 1.42 bits per heavy atom. The monoisotopic (exact) mass is 383 g/mol. The third kappa shape index (κ3) is 4.20. The van der Waals surface area contributed by atoms with Crippen LogP contribution in [0, 0.1) is 5.82 Å². The van der Waals surface area contributed by atoms with E-state index in [-0.39, 0.29) is 16.7 Å². The van der Waals surface area contributed by atoms with Crippen molar-refractivity contribution in [3.63, 3.8) is 0 Å². The van der Waals surface area contributed by atoms with E-state index in [9.17, 15) is 17.6 Å². The molecule has 3 rings (SSSR count). The van der Waals surface area contributed by atoms with E-state index >= 15 is 0 Å². The van der Waals surface area contributed by atoms with Crippen LogP contribution in [0.2, 0.25) is 0 Å². The second kappa shape index (κ2) is 7.42. The Balaban J connectivity index is 1.73. The van der Waals surface area contributed by atoms with Crippen LogP contribution >= 0.6 is 0 Å². The first-order valence-corrected chi connectivity index (χ1v) is 9.53. The normalized spacial score (nSPS) is 17.8. The molecular formula is C16H18FN3O5S. The zero-order valence-electron chi connectivity index (χ0n) is 13.8. The fourth-order valence-corrected chi connectivity index (χ4v) is 3.78. The summed E-state index contributed by atoms with van der Waals surface area (Å²) >= 11 is 0. The van der Waals surface area contributed by atoms with Crippen molar-refractivity contribution in [3.05, 3.63) is 42.0 Å². The van der Waals surface area contributed by atoms with Gasteiger partial charge >= 0.3 is 5.97 Å². The highest BCUT2D eigenvalue weighted by molar-refractivity contribution is 7.92. The van der Waals surface area contributed by atoms with Gasteiger partial charge in [0.05, 0.1) is 35.0 Å². The van der Waals surface area contributed by atoms with Crippen molar-refractivity contribution in [1.82, 2.24) is 9.78 Å². The van der Waals surface area contributed by atoms with Crippen LogP contribution in [-0.4, -0.2) is 42.0 Å². The van der Waals surface area contributed by atoms with Crippen LogP contribution < -0.4 is 4.72 Å². The van der Waals surface area contributed by atoms with Gasteiger partial charge in [-0.05, 0) is 37.5 Å². The molecule has 0 amide bonds. The third-order valence-electron chi connectivity index (χ3n) is 4.03. The zero-order chi connectivity index (χ0) is 18.7. The molecule has 1 saturated heterocycles. The van der Waals surface area contributed by atoms with E-state index in [0.29, 0.717) is 13.2 Å². The predicted octanol–water partition coefficient (Wildman–Crippen LogP) is 2.09. The summed E-state index contributed by atoms with van der Waals surface area (Å²) in [6.45, 7) is 1.23. The lowest BCUT2D eigenvalue weighted by atomic mass is 10.1. The number of aromatic carboxylic acids is 1. The number of hydrogen-bond donors (Lipinski definition) is 2. The van der Waals surface area contributed by atoms with E-state index < -0.39 is 27.4 Å². The van der Waals surface area contributed by atoms with Crippen molar-refractivity contribution < 1.29 is 27.4 Å². The van der Waals surface area contributed by atoms with Gasteiger partial charge in [-0.25, -0.2) is 17.6 Å². The first kappa shape index (κ1) is 18.3. The van der Waals surface area contributed by atoms with Crippen LogP contribution in [0.4, 0.5) is 10.1 Å². The van der Waals surface area contributed by atoms with E-state index in [4.69, 9.17) is 9.84 Å². The molecule has 0 aliphatic carbocycles. The number of rotatable bonds is 6. The van der Waals surface area contributed by atoms with Gasteiger partial charge < -0.3 is 9.84 Å². The molecular weight excluding hydrogens is 365 g/mol. The average molecular weight is 383 g/mol. The fourth-order valence-electron chi connectivity index (χ4n) is 2.73. The number of ether oxygens (including phenoxy) is 1. The number of nitrogens with one attached hydrogen (secondary N) is 1. The number of nitrogens with zero attached hydrogens (tertiary/aromatic N) is 2. The van der Waals surface area contributed by atoms with E-state index in [0.717, 1.165) is 37.5 Å². The number of carboxylic acids is 1. The Morgan fingerprint density at radius 2 is 2.23 bits per heavy atom. The van der Waals surface area contributed by atoms with Crippen molar-refractivity contribution in [1.29, 1.82) is 0 Å². The molecule has 26 heavy (non-hydrogen) atoms. The fraction of sp³-hybridized carbons (Fsp3) is 0.375. The van der Waals surface area contributed by atoms with Gasteiger partial charge in [-0.15, -0.1) is 0 Å². The Labute approximate surface area is 149 Å². The molecule has 1 aromatic heterocycles.